The molecule has 1 aromatic rings. The summed E-state index contributed by atoms with van der Waals surface area (Å²) >= 11 is 0. The highest BCUT2D eigenvalue weighted by molar-refractivity contribution is 5.98. The van der Waals surface area contributed by atoms with Gasteiger partial charge < -0.3 is 10.4 Å². The first-order valence-electron chi connectivity index (χ1n) is 6.49. The summed E-state index contributed by atoms with van der Waals surface area (Å²) in [6.45, 7) is 5.58. The maximum atomic E-state index is 12.2. The van der Waals surface area contributed by atoms with E-state index in [1.165, 1.54) is 0 Å². The number of carbonyl (C=O) groups is 2. The molecule has 102 valence electrons. The quantitative estimate of drug-likeness (QED) is 0.878. The summed E-state index contributed by atoms with van der Waals surface area (Å²) in [6, 6.07) is 3.34. The number of aromatic carboxylic acids is 1. The summed E-state index contributed by atoms with van der Waals surface area (Å²) < 4.78 is 0. The third-order valence-corrected chi connectivity index (χ3v) is 4.06. The molecule has 1 aliphatic rings. The van der Waals surface area contributed by atoms with E-state index in [0.717, 1.165) is 24.8 Å². The van der Waals surface area contributed by atoms with Gasteiger partial charge in [-0.05, 0) is 43.9 Å². The molecule has 2 N–H and O–H groups in total. The van der Waals surface area contributed by atoms with E-state index >= 15 is 0 Å². The molecule has 2 rings (SSSR count). The molecule has 0 spiro atoms. The topological polar surface area (TPSA) is 66.4 Å². The normalized spacial score (nSPS) is 16.6. The summed E-state index contributed by atoms with van der Waals surface area (Å²) in [6.07, 6.45) is 2.88. The summed E-state index contributed by atoms with van der Waals surface area (Å²) in [5, 5.41) is 12.0. The van der Waals surface area contributed by atoms with Crippen LogP contribution >= 0.6 is 0 Å². The maximum absolute atomic E-state index is 12.2. The minimum absolute atomic E-state index is 0.0120. The van der Waals surface area contributed by atoms with Crippen molar-refractivity contribution < 1.29 is 14.7 Å². The van der Waals surface area contributed by atoms with Crippen LogP contribution in [0.4, 0.5) is 5.69 Å². The van der Waals surface area contributed by atoms with Gasteiger partial charge in [-0.3, -0.25) is 4.79 Å². The van der Waals surface area contributed by atoms with Crippen LogP contribution in [-0.2, 0) is 4.79 Å². The second kappa shape index (κ2) is 4.68. The third kappa shape index (κ3) is 2.48. The van der Waals surface area contributed by atoms with Crippen molar-refractivity contribution >= 4 is 17.6 Å². The number of carboxylic acids is 1. The largest absolute Gasteiger partial charge is 0.478 e. The van der Waals surface area contributed by atoms with Crippen molar-refractivity contribution in [1.29, 1.82) is 0 Å². The summed E-state index contributed by atoms with van der Waals surface area (Å²) in [5.41, 5.74) is 2.14. The highest BCUT2D eigenvalue weighted by Gasteiger charge is 2.39. The second-order valence-corrected chi connectivity index (χ2v) is 5.66. The molecule has 0 radical (unpaired) electrons. The maximum Gasteiger partial charge on any atom is 0.336 e. The monoisotopic (exact) mass is 261 g/mol. The Labute approximate surface area is 112 Å². The smallest absolute Gasteiger partial charge is 0.336 e. The van der Waals surface area contributed by atoms with Crippen LogP contribution in [0, 0.1) is 19.3 Å². The molecule has 0 saturated heterocycles. The predicted molar refractivity (Wildman–Crippen MR) is 73.5 cm³/mol. The molecule has 4 heteroatoms. The molecule has 4 nitrogen and oxygen atoms in total. The van der Waals surface area contributed by atoms with Gasteiger partial charge in [0.2, 0.25) is 5.91 Å². The van der Waals surface area contributed by atoms with Crippen LogP contribution in [0.2, 0.25) is 0 Å². The van der Waals surface area contributed by atoms with Crippen molar-refractivity contribution in [2.75, 3.05) is 5.32 Å². The van der Waals surface area contributed by atoms with Gasteiger partial charge in [-0.2, -0.15) is 0 Å². The van der Waals surface area contributed by atoms with E-state index in [-0.39, 0.29) is 16.9 Å². The van der Waals surface area contributed by atoms with E-state index in [0.29, 0.717) is 11.3 Å². The molecule has 1 aliphatic carbocycles. The molecule has 1 saturated carbocycles. The molecule has 0 aromatic heterocycles. The Balaban J connectivity index is 2.27. The zero-order valence-electron chi connectivity index (χ0n) is 11.5. The fourth-order valence-corrected chi connectivity index (χ4v) is 2.42. The lowest BCUT2D eigenvalue weighted by Crippen LogP contribution is -2.39. The zero-order chi connectivity index (χ0) is 14.2. The van der Waals surface area contributed by atoms with Crippen LogP contribution < -0.4 is 5.32 Å². The standard InChI is InChI=1S/C15H19NO3/c1-9-7-10(2)12(8-11(9)13(17)18)16-14(19)15(3)5-4-6-15/h7-8H,4-6H2,1-3H3,(H,16,19)(H,17,18). The first kappa shape index (κ1) is 13.6. The Kier molecular flexibility index (Phi) is 3.35. The number of nitrogens with one attached hydrogen (secondary N) is 1. The van der Waals surface area contributed by atoms with E-state index in [4.69, 9.17) is 5.11 Å². The predicted octanol–water partition coefficient (Wildman–Crippen LogP) is 3.13. The van der Waals surface area contributed by atoms with Gasteiger partial charge in [0.1, 0.15) is 0 Å². The van der Waals surface area contributed by atoms with E-state index in [1.54, 1.807) is 19.1 Å². The molecule has 0 heterocycles. The summed E-state index contributed by atoms with van der Waals surface area (Å²) in [4.78, 5) is 23.3. The molecular weight excluding hydrogens is 242 g/mol. The average Bonchev–Trinajstić information content (AvgIpc) is 2.28. The Hall–Kier alpha value is -1.84. The molecule has 19 heavy (non-hydrogen) atoms. The summed E-state index contributed by atoms with van der Waals surface area (Å²) in [5.74, 6) is -0.982. The molecule has 1 amide bonds. The number of hydrogen-bond donors (Lipinski definition) is 2. The van der Waals surface area contributed by atoms with Crippen molar-refractivity contribution in [3.05, 3.63) is 28.8 Å². The molecule has 0 atom stereocenters. The van der Waals surface area contributed by atoms with Gasteiger partial charge in [0.25, 0.3) is 0 Å². The lowest BCUT2D eigenvalue weighted by molar-refractivity contribution is -0.128. The Bertz CT molecular complexity index is 545. The van der Waals surface area contributed by atoms with Crippen molar-refractivity contribution in [2.45, 2.75) is 40.0 Å². The minimum atomic E-state index is -0.970. The highest BCUT2D eigenvalue weighted by atomic mass is 16.4. The van der Waals surface area contributed by atoms with E-state index < -0.39 is 5.97 Å². The second-order valence-electron chi connectivity index (χ2n) is 5.66. The Morgan fingerprint density at radius 2 is 1.84 bits per heavy atom. The molecular formula is C15H19NO3. The van der Waals surface area contributed by atoms with Crippen molar-refractivity contribution in [3.8, 4) is 0 Å². The number of anilines is 1. The van der Waals surface area contributed by atoms with Gasteiger partial charge in [0.15, 0.2) is 0 Å². The van der Waals surface area contributed by atoms with Crippen molar-refractivity contribution in [3.63, 3.8) is 0 Å². The number of amides is 1. The van der Waals surface area contributed by atoms with Gasteiger partial charge in [0.05, 0.1) is 5.56 Å². The third-order valence-electron chi connectivity index (χ3n) is 4.06. The molecule has 0 bridgehead atoms. The average molecular weight is 261 g/mol. The number of benzene rings is 1. The fourth-order valence-electron chi connectivity index (χ4n) is 2.42. The minimum Gasteiger partial charge on any atom is -0.478 e. The summed E-state index contributed by atoms with van der Waals surface area (Å²) in [7, 11) is 0. The molecule has 1 fully saturated rings. The van der Waals surface area contributed by atoms with Crippen molar-refractivity contribution in [1.82, 2.24) is 0 Å². The van der Waals surface area contributed by atoms with Crippen LogP contribution in [0.15, 0.2) is 12.1 Å². The number of carboxylic acid groups (broad SMARTS) is 1. The van der Waals surface area contributed by atoms with E-state index in [1.807, 2.05) is 13.8 Å². The highest BCUT2D eigenvalue weighted by Crippen LogP contribution is 2.41. The first-order chi connectivity index (χ1) is 8.83. The van der Waals surface area contributed by atoms with Gasteiger partial charge in [-0.25, -0.2) is 4.79 Å². The number of carbonyl (C=O) groups excluding carboxylic acids is 1. The Morgan fingerprint density at radius 3 is 2.32 bits per heavy atom. The van der Waals surface area contributed by atoms with Crippen LogP contribution in [0.25, 0.3) is 0 Å². The lowest BCUT2D eigenvalue weighted by Gasteiger charge is -2.36. The van der Waals surface area contributed by atoms with Gasteiger partial charge >= 0.3 is 5.97 Å². The number of rotatable bonds is 3. The van der Waals surface area contributed by atoms with Crippen LogP contribution in [0.3, 0.4) is 0 Å². The first-order valence-corrected chi connectivity index (χ1v) is 6.49. The molecule has 0 aliphatic heterocycles. The lowest BCUT2D eigenvalue weighted by atomic mass is 9.70. The van der Waals surface area contributed by atoms with E-state index in [9.17, 15) is 9.59 Å². The molecule has 0 unspecified atom stereocenters. The molecule has 1 aromatic carbocycles. The van der Waals surface area contributed by atoms with Crippen LogP contribution in [-0.4, -0.2) is 17.0 Å². The van der Waals surface area contributed by atoms with Gasteiger partial charge in [-0.15, -0.1) is 0 Å². The zero-order valence-corrected chi connectivity index (χ0v) is 11.5. The van der Waals surface area contributed by atoms with Gasteiger partial charge in [-0.1, -0.05) is 19.4 Å². The fraction of sp³-hybridized carbons (Fsp3) is 0.467. The SMILES string of the molecule is Cc1cc(C)c(C(=O)O)cc1NC(=O)C1(C)CCC1. The van der Waals surface area contributed by atoms with Gasteiger partial charge in [0, 0.05) is 11.1 Å². The van der Waals surface area contributed by atoms with Crippen LogP contribution in [0.5, 0.6) is 0 Å². The Morgan fingerprint density at radius 1 is 1.21 bits per heavy atom. The number of hydrogen-bond acceptors (Lipinski definition) is 2. The van der Waals surface area contributed by atoms with E-state index in [2.05, 4.69) is 5.32 Å². The van der Waals surface area contributed by atoms with Crippen LogP contribution in [0.1, 0.15) is 47.7 Å². The van der Waals surface area contributed by atoms with Crippen molar-refractivity contribution in [2.24, 2.45) is 5.41 Å². The number of aryl methyl sites for hydroxylation is 2.